The number of thiazole rings is 1. The molecule has 0 aliphatic heterocycles. The molecule has 0 saturated heterocycles. The van der Waals surface area contributed by atoms with Gasteiger partial charge in [0, 0.05) is 11.0 Å². The maximum Gasteiger partial charge on any atom is 0.248 e. The van der Waals surface area contributed by atoms with Gasteiger partial charge in [0.15, 0.2) is 0 Å². The van der Waals surface area contributed by atoms with E-state index in [1.54, 1.807) is 29.2 Å². The zero-order valence-corrected chi connectivity index (χ0v) is 13.6. The van der Waals surface area contributed by atoms with Gasteiger partial charge in [-0.05, 0) is 36.6 Å². The number of hydrogen-bond donors (Lipinski definition) is 1. The Morgan fingerprint density at radius 2 is 1.95 bits per heavy atom. The summed E-state index contributed by atoms with van der Waals surface area (Å²) in [5, 5.41) is 3.72. The van der Waals surface area contributed by atoms with E-state index < -0.39 is 0 Å². The summed E-state index contributed by atoms with van der Waals surface area (Å²) in [6.45, 7) is 0. The number of hydrogen-bond acceptors (Lipinski definition) is 4. The molecule has 2 aromatic carbocycles. The molecule has 1 amide bonds. The Morgan fingerprint density at radius 1 is 1.18 bits per heavy atom. The van der Waals surface area contributed by atoms with Gasteiger partial charge in [-0.15, -0.1) is 23.1 Å². The molecule has 3 nitrogen and oxygen atoms in total. The first-order chi connectivity index (χ1) is 10.8. The Balaban J connectivity index is 1.73. The van der Waals surface area contributed by atoms with Crippen molar-refractivity contribution in [2.24, 2.45) is 0 Å². The van der Waals surface area contributed by atoms with Crippen LogP contribution in [0.4, 0.5) is 5.69 Å². The largest absolute Gasteiger partial charge is 0.321 e. The van der Waals surface area contributed by atoms with Gasteiger partial charge < -0.3 is 5.32 Å². The van der Waals surface area contributed by atoms with E-state index in [1.807, 2.05) is 54.8 Å². The fraction of sp³-hybridized carbons (Fsp3) is 0.0588. The molecule has 22 heavy (non-hydrogen) atoms. The van der Waals surface area contributed by atoms with Crippen molar-refractivity contribution in [3.63, 3.8) is 0 Å². The maximum atomic E-state index is 12.0. The van der Waals surface area contributed by atoms with Crippen molar-refractivity contribution in [2.75, 3.05) is 11.6 Å². The van der Waals surface area contributed by atoms with Crippen LogP contribution in [-0.4, -0.2) is 17.1 Å². The number of amides is 1. The lowest BCUT2D eigenvalue weighted by Crippen LogP contribution is -2.08. The van der Waals surface area contributed by atoms with Gasteiger partial charge >= 0.3 is 0 Å². The average molecular weight is 326 g/mol. The van der Waals surface area contributed by atoms with Gasteiger partial charge in [0.25, 0.3) is 0 Å². The number of para-hydroxylation sites is 2. The van der Waals surface area contributed by atoms with Gasteiger partial charge in [-0.3, -0.25) is 4.79 Å². The molecule has 0 aliphatic rings. The molecule has 110 valence electrons. The van der Waals surface area contributed by atoms with Gasteiger partial charge in [0.05, 0.1) is 15.9 Å². The van der Waals surface area contributed by atoms with Crippen LogP contribution in [-0.2, 0) is 4.79 Å². The van der Waals surface area contributed by atoms with Gasteiger partial charge in [-0.25, -0.2) is 4.98 Å². The normalized spacial score (nSPS) is 11.1. The smallest absolute Gasteiger partial charge is 0.248 e. The highest BCUT2D eigenvalue weighted by Crippen LogP contribution is 2.25. The molecule has 3 rings (SSSR count). The summed E-state index contributed by atoms with van der Waals surface area (Å²) in [7, 11) is 0. The van der Waals surface area contributed by atoms with Crippen LogP contribution >= 0.6 is 23.1 Å². The lowest BCUT2D eigenvalue weighted by atomic mass is 10.3. The zero-order chi connectivity index (χ0) is 15.4. The minimum atomic E-state index is -0.152. The Bertz CT molecular complexity index is 806. The highest BCUT2D eigenvalue weighted by atomic mass is 32.2. The summed E-state index contributed by atoms with van der Waals surface area (Å²) in [5.41, 5.74) is 1.79. The highest BCUT2D eigenvalue weighted by Gasteiger charge is 2.04. The number of nitrogens with one attached hydrogen (secondary N) is 1. The lowest BCUT2D eigenvalue weighted by Gasteiger charge is -2.06. The van der Waals surface area contributed by atoms with Crippen LogP contribution in [0, 0.1) is 0 Å². The third-order valence-corrected chi connectivity index (χ3v) is 4.85. The molecule has 0 bridgehead atoms. The number of carbonyl (C=O) groups excluding carboxylic acids is 1. The van der Waals surface area contributed by atoms with Crippen LogP contribution in [0.3, 0.4) is 0 Å². The molecule has 0 spiro atoms. The number of aromatic nitrogens is 1. The molecular weight excluding hydrogens is 312 g/mol. The summed E-state index contributed by atoms with van der Waals surface area (Å²) in [6.07, 6.45) is 5.26. The minimum Gasteiger partial charge on any atom is -0.321 e. The van der Waals surface area contributed by atoms with E-state index in [0.717, 1.165) is 25.8 Å². The molecule has 0 aliphatic carbocycles. The van der Waals surface area contributed by atoms with Gasteiger partial charge in [0.2, 0.25) is 5.91 Å². The van der Waals surface area contributed by atoms with E-state index in [0.29, 0.717) is 0 Å². The van der Waals surface area contributed by atoms with Crippen molar-refractivity contribution < 1.29 is 4.79 Å². The van der Waals surface area contributed by atoms with E-state index >= 15 is 0 Å². The first-order valence-electron chi connectivity index (χ1n) is 6.74. The molecule has 0 atom stereocenters. The average Bonchev–Trinajstić information content (AvgIpc) is 2.96. The van der Waals surface area contributed by atoms with Crippen LogP contribution in [0.25, 0.3) is 16.3 Å². The second-order valence-electron chi connectivity index (χ2n) is 4.54. The second kappa shape index (κ2) is 6.77. The quantitative estimate of drug-likeness (QED) is 0.559. The number of fused-ring (bicyclic) bond motifs is 1. The molecule has 5 heteroatoms. The molecule has 0 unspecified atom stereocenters. The monoisotopic (exact) mass is 326 g/mol. The molecule has 1 N–H and O–H groups in total. The number of rotatable bonds is 4. The maximum absolute atomic E-state index is 12.0. The van der Waals surface area contributed by atoms with E-state index in [4.69, 9.17) is 0 Å². The number of thioether (sulfide) groups is 1. The predicted octanol–water partition coefficient (Wildman–Crippen LogP) is 4.67. The zero-order valence-electron chi connectivity index (χ0n) is 11.9. The van der Waals surface area contributed by atoms with Crippen molar-refractivity contribution >= 4 is 51.0 Å². The Labute approximate surface area is 137 Å². The van der Waals surface area contributed by atoms with Crippen LogP contribution < -0.4 is 5.32 Å². The molecule has 3 aromatic rings. The summed E-state index contributed by atoms with van der Waals surface area (Å²) in [6, 6.07) is 15.7. The lowest BCUT2D eigenvalue weighted by molar-refractivity contribution is -0.111. The van der Waals surface area contributed by atoms with E-state index in [2.05, 4.69) is 10.3 Å². The minimum absolute atomic E-state index is 0.152. The summed E-state index contributed by atoms with van der Waals surface area (Å²) < 4.78 is 1.12. The van der Waals surface area contributed by atoms with Crippen LogP contribution in [0.5, 0.6) is 0 Å². The highest BCUT2D eigenvalue weighted by molar-refractivity contribution is 7.98. The van der Waals surface area contributed by atoms with E-state index in [-0.39, 0.29) is 5.91 Å². The van der Waals surface area contributed by atoms with E-state index in [9.17, 15) is 4.79 Å². The third kappa shape index (κ3) is 3.37. The number of carbonyl (C=O) groups is 1. The molecule has 0 saturated carbocycles. The van der Waals surface area contributed by atoms with Crippen LogP contribution in [0.15, 0.2) is 59.5 Å². The summed E-state index contributed by atoms with van der Waals surface area (Å²) in [5.74, 6) is -0.152. The van der Waals surface area contributed by atoms with Crippen molar-refractivity contribution in [1.82, 2.24) is 4.98 Å². The first-order valence-corrected chi connectivity index (χ1v) is 8.78. The number of anilines is 1. The second-order valence-corrected chi connectivity index (χ2v) is 6.45. The van der Waals surface area contributed by atoms with Crippen LogP contribution in [0.1, 0.15) is 5.01 Å². The standard InChI is InChI=1S/C17H14N2OS2/c1-21-14-8-4-2-6-12(14)18-16(20)10-11-17-19-13-7-3-5-9-15(13)22-17/h2-11H,1H3,(H,18,20). The van der Waals surface area contributed by atoms with Crippen molar-refractivity contribution in [3.8, 4) is 0 Å². The Hall–Kier alpha value is -2.11. The van der Waals surface area contributed by atoms with Crippen molar-refractivity contribution in [3.05, 3.63) is 59.6 Å². The predicted molar refractivity (Wildman–Crippen MR) is 95.5 cm³/mol. The van der Waals surface area contributed by atoms with Gasteiger partial charge in [-0.2, -0.15) is 0 Å². The molecule has 0 fully saturated rings. The molecular formula is C17H14N2OS2. The van der Waals surface area contributed by atoms with Crippen molar-refractivity contribution in [1.29, 1.82) is 0 Å². The van der Waals surface area contributed by atoms with E-state index in [1.165, 1.54) is 6.08 Å². The Kier molecular flexibility index (Phi) is 4.56. The Morgan fingerprint density at radius 3 is 2.77 bits per heavy atom. The number of benzene rings is 2. The molecule has 1 heterocycles. The van der Waals surface area contributed by atoms with Gasteiger partial charge in [0.1, 0.15) is 5.01 Å². The SMILES string of the molecule is CSc1ccccc1NC(=O)C=Cc1nc2ccccc2s1. The first kappa shape index (κ1) is 14.8. The summed E-state index contributed by atoms with van der Waals surface area (Å²) in [4.78, 5) is 17.6. The summed E-state index contributed by atoms with van der Waals surface area (Å²) >= 11 is 3.18. The molecule has 1 aromatic heterocycles. The fourth-order valence-corrected chi connectivity index (χ4v) is 3.45. The molecule has 0 radical (unpaired) electrons. The number of nitrogens with zero attached hydrogens (tertiary/aromatic N) is 1. The third-order valence-electron chi connectivity index (χ3n) is 3.05. The van der Waals surface area contributed by atoms with Gasteiger partial charge in [-0.1, -0.05) is 24.3 Å². The topological polar surface area (TPSA) is 42.0 Å². The van der Waals surface area contributed by atoms with Crippen molar-refractivity contribution in [2.45, 2.75) is 4.90 Å². The van der Waals surface area contributed by atoms with Crippen LogP contribution in [0.2, 0.25) is 0 Å². The fourth-order valence-electron chi connectivity index (χ4n) is 2.03.